The molecule has 0 spiro atoms. The summed E-state index contributed by atoms with van der Waals surface area (Å²) in [5.41, 5.74) is 4.15. The topological polar surface area (TPSA) is 20.2 Å². The van der Waals surface area contributed by atoms with Crippen LogP contribution in [0.2, 0.25) is 5.04 Å². The minimum atomic E-state index is -0.435. The predicted molar refractivity (Wildman–Crippen MR) is 105 cm³/mol. The maximum atomic E-state index is 13.5. The summed E-state index contributed by atoms with van der Waals surface area (Å²) in [5.74, 6) is 4.37. The molecule has 0 saturated heterocycles. The van der Waals surface area contributed by atoms with Crippen molar-refractivity contribution in [2.24, 2.45) is 17.8 Å². The van der Waals surface area contributed by atoms with E-state index in [0.717, 1.165) is 11.6 Å². The minimum Gasteiger partial charge on any atom is -0.507 e. The van der Waals surface area contributed by atoms with Crippen LogP contribution in [0.4, 0.5) is 4.39 Å². The molecule has 1 nitrogen and oxygen atoms in total. The van der Waals surface area contributed by atoms with Gasteiger partial charge in [0.15, 0.2) is 9.52 Å². The van der Waals surface area contributed by atoms with Crippen molar-refractivity contribution in [1.82, 2.24) is 0 Å². The van der Waals surface area contributed by atoms with Gasteiger partial charge >= 0.3 is 0 Å². The van der Waals surface area contributed by atoms with Crippen LogP contribution in [-0.4, -0.2) is 14.6 Å². The molecule has 1 N–H and O–H groups in total. The van der Waals surface area contributed by atoms with Gasteiger partial charge in [-0.05, 0) is 40.3 Å². The number of phenols is 1. The molecule has 2 aromatic rings. The van der Waals surface area contributed by atoms with Crippen molar-refractivity contribution in [1.29, 1.82) is 0 Å². The van der Waals surface area contributed by atoms with Crippen LogP contribution in [0.1, 0.15) is 47.1 Å². The molecule has 25 heavy (non-hydrogen) atoms. The average molecular weight is 355 g/mol. The van der Waals surface area contributed by atoms with Crippen molar-refractivity contribution in [2.45, 2.75) is 46.6 Å². The number of aromatic hydroxyl groups is 1. The van der Waals surface area contributed by atoms with Crippen molar-refractivity contribution in [3.05, 3.63) is 41.7 Å². The van der Waals surface area contributed by atoms with Crippen molar-refractivity contribution < 1.29 is 9.50 Å². The standard InChI is InChI=1S/C22H27FOSi/c1-14(2)22(15(3)4,16(5)6)25-11-10-17-8-7-9-18-12-19(23)13-20(24)21(17)18/h7-9,12-16,24H,1-6H3. The van der Waals surface area contributed by atoms with E-state index in [1.54, 1.807) is 6.07 Å². The number of halogens is 1. The molecule has 132 valence electrons. The van der Waals surface area contributed by atoms with Crippen LogP contribution < -0.4 is 0 Å². The lowest BCUT2D eigenvalue weighted by atomic mass is 9.76. The molecule has 2 rings (SSSR count). The first-order valence-electron chi connectivity index (χ1n) is 8.89. The summed E-state index contributed by atoms with van der Waals surface area (Å²) in [6.45, 7) is 13.7. The van der Waals surface area contributed by atoms with Gasteiger partial charge < -0.3 is 5.11 Å². The van der Waals surface area contributed by atoms with Crippen LogP contribution in [0.3, 0.4) is 0 Å². The largest absolute Gasteiger partial charge is 0.507 e. The zero-order valence-corrected chi connectivity index (χ0v) is 16.9. The maximum Gasteiger partial charge on any atom is 0.156 e. The monoisotopic (exact) mass is 354 g/mol. The molecule has 0 aliphatic rings. The first-order valence-corrected chi connectivity index (χ1v) is 9.89. The SMILES string of the molecule is CC(C)C([Si]C#Cc1cccc2cc(F)cc(O)c12)(C(C)C)C(C)C. The highest BCUT2D eigenvalue weighted by atomic mass is 28.2. The summed E-state index contributed by atoms with van der Waals surface area (Å²) in [7, 11) is 0.509. The van der Waals surface area contributed by atoms with Gasteiger partial charge in [0.2, 0.25) is 0 Å². The Morgan fingerprint density at radius 2 is 1.60 bits per heavy atom. The molecule has 2 aromatic carbocycles. The first-order chi connectivity index (χ1) is 11.7. The van der Waals surface area contributed by atoms with E-state index in [9.17, 15) is 9.50 Å². The van der Waals surface area contributed by atoms with E-state index in [-0.39, 0.29) is 10.8 Å². The molecule has 0 bridgehead atoms. The summed E-state index contributed by atoms with van der Waals surface area (Å²) in [6, 6.07) is 8.13. The van der Waals surface area contributed by atoms with Gasteiger partial charge in [0, 0.05) is 17.0 Å². The maximum absolute atomic E-state index is 13.5. The Labute approximate surface area is 153 Å². The molecule has 0 unspecified atom stereocenters. The Bertz CT molecular complexity index is 790. The summed E-state index contributed by atoms with van der Waals surface area (Å²) in [6.07, 6.45) is 0. The van der Waals surface area contributed by atoms with Gasteiger partial charge in [0.25, 0.3) is 0 Å². The third kappa shape index (κ3) is 3.74. The quantitative estimate of drug-likeness (QED) is 0.541. The van der Waals surface area contributed by atoms with Gasteiger partial charge in [-0.25, -0.2) is 4.39 Å². The number of hydrogen-bond acceptors (Lipinski definition) is 1. The Kier molecular flexibility index (Phi) is 5.95. The third-order valence-electron chi connectivity index (χ3n) is 5.26. The van der Waals surface area contributed by atoms with E-state index < -0.39 is 5.82 Å². The van der Waals surface area contributed by atoms with Gasteiger partial charge in [-0.1, -0.05) is 59.6 Å². The van der Waals surface area contributed by atoms with Gasteiger partial charge in [-0.15, -0.1) is 5.54 Å². The van der Waals surface area contributed by atoms with Crippen molar-refractivity contribution in [2.75, 3.05) is 0 Å². The highest BCUT2D eigenvalue weighted by molar-refractivity contribution is 6.50. The predicted octanol–water partition coefficient (Wildman–Crippen LogP) is 5.82. The first kappa shape index (κ1) is 19.5. The van der Waals surface area contributed by atoms with Crippen LogP contribution in [0.25, 0.3) is 10.8 Å². The molecule has 0 aliphatic carbocycles. The highest BCUT2D eigenvalue weighted by Gasteiger charge is 2.40. The van der Waals surface area contributed by atoms with Crippen LogP contribution >= 0.6 is 0 Å². The summed E-state index contributed by atoms with van der Waals surface area (Å²) in [4.78, 5) is 0. The van der Waals surface area contributed by atoms with Crippen molar-refractivity contribution in [3.63, 3.8) is 0 Å². The van der Waals surface area contributed by atoms with Crippen LogP contribution in [0, 0.1) is 35.0 Å². The lowest BCUT2D eigenvalue weighted by Crippen LogP contribution is -2.36. The molecule has 3 heteroatoms. The molecular formula is C22H27FOSi. The van der Waals surface area contributed by atoms with Crippen molar-refractivity contribution in [3.8, 4) is 17.2 Å². The second-order valence-corrected chi connectivity index (χ2v) is 8.97. The molecule has 0 amide bonds. The van der Waals surface area contributed by atoms with E-state index in [4.69, 9.17) is 0 Å². The van der Waals surface area contributed by atoms with Crippen LogP contribution in [-0.2, 0) is 0 Å². The van der Waals surface area contributed by atoms with Gasteiger partial charge in [-0.3, -0.25) is 0 Å². The fourth-order valence-electron chi connectivity index (χ4n) is 4.11. The summed E-state index contributed by atoms with van der Waals surface area (Å²) < 4.78 is 13.5. The van der Waals surface area contributed by atoms with E-state index in [2.05, 4.69) is 53.0 Å². The fraction of sp³-hybridized carbons (Fsp3) is 0.455. The lowest BCUT2D eigenvalue weighted by molar-refractivity contribution is 0.233. The van der Waals surface area contributed by atoms with Gasteiger partial charge in [0.1, 0.15) is 11.6 Å². The second-order valence-electron chi connectivity index (χ2n) is 7.60. The smallest absolute Gasteiger partial charge is 0.156 e. The molecule has 0 atom stereocenters. The molecule has 0 saturated carbocycles. The molecule has 0 heterocycles. The second kappa shape index (κ2) is 7.62. The average Bonchev–Trinajstić information content (AvgIpc) is 2.49. The van der Waals surface area contributed by atoms with Crippen LogP contribution in [0.15, 0.2) is 30.3 Å². The Hall–Kier alpha value is -1.79. The molecule has 0 fully saturated rings. The Balaban J connectivity index is 2.46. The number of benzene rings is 2. The minimum absolute atomic E-state index is 0.0499. The molecular weight excluding hydrogens is 327 g/mol. The van der Waals surface area contributed by atoms with E-state index in [1.807, 2.05) is 12.1 Å². The Morgan fingerprint density at radius 1 is 1.00 bits per heavy atom. The number of fused-ring (bicyclic) bond motifs is 1. The number of rotatable bonds is 4. The van der Waals surface area contributed by atoms with Gasteiger partial charge in [-0.2, -0.15) is 0 Å². The molecule has 2 radical (unpaired) electrons. The zero-order chi connectivity index (χ0) is 18.8. The summed E-state index contributed by atoms with van der Waals surface area (Å²) >= 11 is 0. The van der Waals surface area contributed by atoms with E-state index >= 15 is 0 Å². The number of phenolic OH excluding ortho intramolecular Hbond substituents is 1. The molecule has 0 aliphatic heterocycles. The van der Waals surface area contributed by atoms with E-state index in [1.165, 1.54) is 6.07 Å². The highest BCUT2D eigenvalue weighted by Crippen LogP contribution is 2.49. The third-order valence-corrected chi connectivity index (χ3v) is 7.68. The van der Waals surface area contributed by atoms with Gasteiger partial charge in [0.05, 0.1) is 0 Å². The Morgan fingerprint density at radius 3 is 2.16 bits per heavy atom. The zero-order valence-electron chi connectivity index (χ0n) is 15.9. The number of hydrogen-bond donors (Lipinski definition) is 1. The molecule has 0 aromatic heterocycles. The van der Waals surface area contributed by atoms with Crippen molar-refractivity contribution >= 4 is 20.3 Å². The summed E-state index contributed by atoms with van der Waals surface area (Å²) in [5, 5.41) is 11.6. The lowest BCUT2D eigenvalue weighted by Gasteiger charge is -2.43. The fourth-order valence-corrected chi connectivity index (χ4v) is 5.39. The van der Waals surface area contributed by atoms with E-state index in [0.29, 0.717) is 38.0 Å². The normalized spacial score (nSPS) is 12.1. The van der Waals surface area contributed by atoms with Crippen LogP contribution in [0.5, 0.6) is 5.75 Å².